The maximum atomic E-state index is 14.0. The monoisotopic (exact) mass is 442 g/mol. The summed E-state index contributed by atoms with van der Waals surface area (Å²) in [7, 11) is 4.77. The van der Waals surface area contributed by atoms with Crippen molar-refractivity contribution in [2.24, 2.45) is 7.05 Å². The van der Waals surface area contributed by atoms with E-state index >= 15 is 0 Å². The lowest BCUT2D eigenvalue weighted by Crippen LogP contribution is -2.27. The van der Waals surface area contributed by atoms with Gasteiger partial charge >= 0.3 is 6.03 Å². The summed E-state index contributed by atoms with van der Waals surface area (Å²) in [5, 5.41) is 9.23. The van der Waals surface area contributed by atoms with Gasteiger partial charge in [0, 0.05) is 55.8 Å². The van der Waals surface area contributed by atoms with E-state index in [4.69, 9.17) is 4.74 Å². The van der Waals surface area contributed by atoms with E-state index in [0.29, 0.717) is 40.7 Å². The maximum absolute atomic E-state index is 14.0. The van der Waals surface area contributed by atoms with Gasteiger partial charge in [-0.1, -0.05) is 0 Å². The lowest BCUT2D eigenvalue weighted by Gasteiger charge is -2.32. The number of anilines is 3. The van der Waals surface area contributed by atoms with Crippen LogP contribution in [0.2, 0.25) is 0 Å². The zero-order valence-corrected chi connectivity index (χ0v) is 18.0. The quantitative estimate of drug-likeness (QED) is 0.617. The summed E-state index contributed by atoms with van der Waals surface area (Å²) in [6.45, 7) is 0.599. The summed E-state index contributed by atoms with van der Waals surface area (Å²) in [5.74, 6) is 1.30. The van der Waals surface area contributed by atoms with Crippen LogP contribution in [0, 0.1) is 0 Å². The van der Waals surface area contributed by atoms with E-state index in [0.717, 1.165) is 18.4 Å². The van der Waals surface area contributed by atoms with Crippen molar-refractivity contribution < 1.29 is 18.3 Å². The van der Waals surface area contributed by atoms with Crippen molar-refractivity contribution in [3.8, 4) is 16.9 Å². The van der Waals surface area contributed by atoms with Crippen LogP contribution in [0.25, 0.3) is 11.1 Å². The molecule has 1 aliphatic rings. The SMILES string of the molecule is CNC(=O)Nc1cc(OC)cc(N2CCCc3cc(-c4cnn(C)c4)c(C(F)F)cc32)n1. The normalized spacial score (nSPS) is 13.1. The van der Waals surface area contributed by atoms with Crippen LogP contribution < -0.4 is 20.3 Å². The number of carbonyl (C=O) groups excluding carboxylic acids is 1. The number of hydrogen-bond donors (Lipinski definition) is 2. The van der Waals surface area contributed by atoms with Crippen LogP contribution in [0.5, 0.6) is 5.75 Å². The molecule has 0 spiro atoms. The highest BCUT2D eigenvalue weighted by Crippen LogP contribution is 2.41. The van der Waals surface area contributed by atoms with Crippen LogP contribution in [0.3, 0.4) is 0 Å². The minimum Gasteiger partial charge on any atom is -0.496 e. The molecule has 0 unspecified atom stereocenters. The van der Waals surface area contributed by atoms with Gasteiger partial charge in [-0.15, -0.1) is 0 Å². The summed E-state index contributed by atoms with van der Waals surface area (Å²) in [6, 6.07) is 6.26. The van der Waals surface area contributed by atoms with Crippen LogP contribution in [0.1, 0.15) is 24.0 Å². The number of amides is 2. The van der Waals surface area contributed by atoms with E-state index in [-0.39, 0.29) is 5.56 Å². The highest BCUT2D eigenvalue weighted by molar-refractivity contribution is 5.88. The molecule has 1 aromatic carbocycles. The number of urea groups is 1. The first-order valence-corrected chi connectivity index (χ1v) is 10.2. The summed E-state index contributed by atoms with van der Waals surface area (Å²) in [4.78, 5) is 18.2. The average Bonchev–Trinajstić information content (AvgIpc) is 3.23. The third kappa shape index (κ3) is 4.20. The number of nitrogens with one attached hydrogen (secondary N) is 2. The summed E-state index contributed by atoms with van der Waals surface area (Å²) < 4.78 is 35.1. The van der Waals surface area contributed by atoms with E-state index in [1.165, 1.54) is 20.2 Å². The number of aryl methyl sites for hydroxylation is 2. The molecule has 32 heavy (non-hydrogen) atoms. The molecule has 0 saturated heterocycles. The Morgan fingerprint density at radius 2 is 2.06 bits per heavy atom. The first-order chi connectivity index (χ1) is 15.4. The van der Waals surface area contributed by atoms with E-state index in [1.54, 1.807) is 36.3 Å². The molecule has 2 aromatic heterocycles. The molecule has 4 rings (SSSR count). The van der Waals surface area contributed by atoms with Crippen LogP contribution in [0.4, 0.5) is 30.9 Å². The number of hydrogen-bond acceptors (Lipinski definition) is 5. The van der Waals surface area contributed by atoms with Crippen LogP contribution in [0.15, 0.2) is 36.7 Å². The van der Waals surface area contributed by atoms with Gasteiger partial charge in [-0.25, -0.2) is 18.6 Å². The molecule has 168 valence electrons. The van der Waals surface area contributed by atoms with Crippen molar-refractivity contribution in [3.05, 3.63) is 47.8 Å². The van der Waals surface area contributed by atoms with Crippen molar-refractivity contribution in [2.75, 3.05) is 30.9 Å². The number of rotatable bonds is 5. The van der Waals surface area contributed by atoms with E-state index in [1.807, 2.05) is 11.0 Å². The molecular formula is C22H24F2N6O2. The molecule has 3 aromatic rings. The number of carbonyl (C=O) groups is 1. The maximum Gasteiger partial charge on any atom is 0.320 e. The molecule has 10 heteroatoms. The lowest BCUT2D eigenvalue weighted by atomic mass is 9.93. The fourth-order valence-corrected chi connectivity index (χ4v) is 3.87. The second kappa shape index (κ2) is 8.81. The number of benzene rings is 1. The first kappa shape index (κ1) is 21.5. The Morgan fingerprint density at radius 1 is 1.25 bits per heavy atom. The molecule has 0 aliphatic carbocycles. The zero-order chi connectivity index (χ0) is 22.8. The smallest absolute Gasteiger partial charge is 0.320 e. The number of ether oxygens (including phenoxy) is 1. The standard InChI is InChI=1S/C22H24F2N6O2/c1-25-22(31)28-19-8-15(32-3)9-20(27-19)30-6-4-5-13-7-16(14-11-26-29(2)12-14)17(21(23)24)10-18(13)30/h7-12,21H,4-6H2,1-3H3,(H2,25,27,28,31). The second-order valence-corrected chi connectivity index (χ2v) is 7.48. The Morgan fingerprint density at radius 3 is 2.72 bits per heavy atom. The fourth-order valence-electron chi connectivity index (χ4n) is 3.87. The number of aromatic nitrogens is 3. The minimum absolute atomic E-state index is 0.0599. The number of halogens is 2. The Balaban J connectivity index is 1.81. The average molecular weight is 442 g/mol. The number of methoxy groups -OCH3 is 1. The molecule has 0 fully saturated rings. The second-order valence-electron chi connectivity index (χ2n) is 7.48. The van der Waals surface area contributed by atoms with Gasteiger partial charge in [0.15, 0.2) is 0 Å². The van der Waals surface area contributed by atoms with E-state index < -0.39 is 12.5 Å². The topological polar surface area (TPSA) is 84.3 Å². The molecule has 0 bridgehead atoms. The summed E-state index contributed by atoms with van der Waals surface area (Å²) >= 11 is 0. The summed E-state index contributed by atoms with van der Waals surface area (Å²) in [6.07, 6.45) is 2.26. The molecule has 1 aliphatic heterocycles. The third-order valence-electron chi connectivity index (χ3n) is 5.39. The van der Waals surface area contributed by atoms with Crippen molar-refractivity contribution in [3.63, 3.8) is 0 Å². The Labute approximate surface area is 184 Å². The number of alkyl halides is 2. The van der Waals surface area contributed by atoms with Gasteiger partial charge in [-0.2, -0.15) is 5.10 Å². The zero-order valence-electron chi connectivity index (χ0n) is 18.0. The van der Waals surface area contributed by atoms with Crippen molar-refractivity contribution in [1.29, 1.82) is 0 Å². The van der Waals surface area contributed by atoms with Crippen LogP contribution >= 0.6 is 0 Å². The van der Waals surface area contributed by atoms with Gasteiger partial charge in [-0.3, -0.25) is 10.00 Å². The van der Waals surface area contributed by atoms with Gasteiger partial charge in [0.2, 0.25) is 0 Å². The molecule has 0 saturated carbocycles. The first-order valence-electron chi connectivity index (χ1n) is 10.2. The van der Waals surface area contributed by atoms with Gasteiger partial charge in [0.25, 0.3) is 6.43 Å². The molecule has 8 nitrogen and oxygen atoms in total. The molecule has 2 amide bonds. The third-order valence-corrected chi connectivity index (χ3v) is 5.39. The van der Waals surface area contributed by atoms with Gasteiger partial charge in [0.05, 0.1) is 13.3 Å². The highest BCUT2D eigenvalue weighted by atomic mass is 19.3. The lowest BCUT2D eigenvalue weighted by molar-refractivity contribution is 0.152. The van der Waals surface area contributed by atoms with Crippen LogP contribution in [-0.4, -0.2) is 41.5 Å². The van der Waals surface area contributed by atoms with Crippen molar-refractivity contribution >= 4 is 23.4 Å². The predicted octanol–water partition coefficient (Wildman–Crippen LogP) is 4.26. The molecule has 0 atom stereocenters. The molecule has 3 heterocycles. The number of pyridine rings is 1. The fraction of sp³-hybridized carbons (Fsp3) is 0.318. The highest BCUT2D eigenvalue weighted by Gasteiger charge is 2.26. The van der Waals surface area contributed by atoms with Crippen LogP contribution in [-0.2, 0) is 13.5 Å². The van der Waals surface area contributed by atoms with Gasteiger partial charge < -0.3 is 15.0 Å². The van der Waals surface area contributed by atoms with Crippen molar-refractivity contribution in [1.82, 2.24) is 20.1 Å². The van der Waals surface area contributed by atoms with E-state index in [2.05, 4.69) is 20.7 Å². The number of fused-ring (bicyclic) bond motifs is 1. The Hall–Kier alpha value is -3.69. The Bertz CT molecular complexity index is 1150. The largest absolute Gasteiger partial charge is 0.496 e. The van der Waals surface area contributed by atoms with E-state index in [9.17, 15) is 13.6 Å². The predicted molar refractivity (Wildman–Crippen MR) is 118 cm³/mol. The minimum atomic E-state index is -2.65. The van der Waals surface area contributed by atoms with Crippen molar-refractivity contribution in [2.45, 2.75) is 19.3 Å². The molecular weight excluding hydrogens is 418 g/mol. The van der Waals surface area contributed by atoms with Gasteiger partial charge in [-0.05, 0) is 36.1 Å². The van der Waals surface area contributed by atoms with Gasteiger partial charge in [0.1, 0.15) is 17.4 Å². The molecule has 2 N–H and O–H groups in total. The summed E-state index contributed by atoms with van der Waals surface area (Å²) in [5.41, 5.74) is 2.69. The Kier molecular flexibility index (Phi) is 5.93. The molecule has 0 radical (unpaired) electrons. The number of nitrogens with zero attached hydrogens (tertiary/aromatic N) is 4.